The number of carboxylic acid groups (broad SMARTS) is 1. The van der Waals surface area contributed by atoms with Crippen LogP contribution < -0.4 is 0 Å². The van der Waals surface area contributed by atoms with Crippen LogP contribution in [0.5, 0.6) is 0 Å². The fraction of sp³-hybridized carbons (Fsp3) is 0. The number of nitrogens with zero attached hydrogens (tertiary/aromatic N) is 1. The number of aliphatic hydroxyl groups is 1. The zero-order valence-corrected chi connectivity index (χ0v) is 3.83. The van der Waals surface area contributed by atoms with Crippen LogP contribution >= 0.6 is 0 Å². The maximum Gasteiger partial charge on any atom is 0.337 e. The molecule has 0 aliphatic heterocycles. The first-order valence-corrected chi connectivity index (χ1v) is 1.67. The Bertz CT molecular complexity index is 165. The highest BCUT2D eigenvalue weighted by molar-refractivity contribution is 5.88. The van der Waals surface area contributed by atoms with E-state index in [1.807, 2.05) is 0 Å². The molecule has 0 saturated carbocycles. The van der Waals surface area contributed by atoms with Crippen molar-refractivity contribution >= 4 is 5.97 Å². The lowest BCUT2D eigenvalue weighted by Crippen LogP contribution is -1.94. The highest BCUT2D eigenvalue weighted by Crippen LogP contribution is 1.91. The van der Waals surface area contributed by atoms with Crippen molar-refractivity contribution in [2.45, 2.75) is 0 Å². The van der Waals surface area contributed by atoms with Gasteiger partial charge in [-0.25, -0.2) is 4.85 Å². The first-order valence-electron chi connectivity index (χ1n) is 1.67. The Morgan fingerprint density at radius 2 is 2.25 bits per heavy atom. The first kappa shape index (κ1) is 6.50. The molecule has 0 unspecified atom stereocenters. The number of carboxylic acids is 1. The van der Waals surface area contributed by atoms with Gasteiger partial charge < -0.3 is 10.2 Å². The van der Waals surface area contributed by atoms with E-state index in [9.17, 15) is 4.79 Å². The van der Waals surface area contributed by atoms with Crippen LogP contribution in [0.2, 0.25) is 0 Å². The van der Waals surface area contributed by atoms with Crippen LogP contribution in [0.15, 0.2) is 12.0 Å². The molecule has 0 amide bonds. The van der Waals surface area contributed by atoms with Crippen molar-refractivity contribution < 1.29 is 15.0 Å². The maximum absolute atomic E-state index is 9.72. The summed E-state index contributed by atoms with van der Waals surface area (Å²) in [5.74, 6) is -1.41. The fourth-order valence-electron chi connectivity index (χ4n) is 0.132. The first-order chi connectivity index (χ1) is 3.72. The topological polar surface area (TPSA) is 61.9 Å². The molecule has 8 heavy (non-hydrogen) atoms. The van der Waals surface area contributed by atoms with E-state index in [4.69, 9.17) is 16.8 Å². The van der Waals surface area contributed by atoms with Crippen molar-refractivity contribution in [2.24, 2.45) is 0 Å². The summed E-state index contributed by atoms with van der Waals surface area (Å²) in [6.45, 7) is 6.11. The number of aliphatic carboxylic acids is 1. The van der Waals surface area contributed by atoms with Gasteiger partial charge >= 0.3 is 11.7 Å². The normalized spacial score (nSPS) is 10.1. The van der Waals surface area contributed by atoms with Gasteiger partial charge in [-0.2, -0.15) is 0 Å². The molecule has 0 aromatic heterocycles. The maximum atomic E-state index is 9.72. The molecule has 2 N–H and O–H groups in total. The van der Waals surface area contributed by atoms with Crippen LogP contribution in [-0.2, 0) is 4.79 Å². The molecular weight excluding hydrogens is 110 g/mol. The Kier molecular flexibility index (Phi) is 2.14. The highest BCUT2D eigenvalue weighted by Gasteiger charge is 2.03. The Morgan fingerprint density at radius 3 is 2.25 bits per heavy atom. The lowest BCUT2D eigenvalue weighted by molar-refractivity contribution is -0.132. The Morgan fingerprint density at radius 1 is 1.75 bits per heavy atom. The Labute approximate surface area is 45.5 Å². The molecule has 0 radical (unpaired) electrons. The predicted octanol–water partition coefficient (Wildman–Crippen LogP) is 0.390. The molecule has 0 aliphatic rings. The summed E-state index contributed by atoms with van der Waals surface area (Å²) in [5.41, 5.74) is -0.676. The van der Waals surface area contributed by atoms with Crippen LogP contribution in [0.1, 0.15) is 0 Å². The molecule has 42 valence electrons. The average molecular weight is 113 g/mol. The van der Waals surface area contributed by atoms with E-state index < -0.39 is 11.7 Å². The van der Waals surface area contributed by atoms with Gasteiger partial charge in [-0.15, -0.1) is 0 Å². The van der Waals surface area contributed by atoms with Gasteiger partial charge in [0.05, 0.1) is 12.8 Å². The molecule has 0 heterocycles. The molecule has 4 heteroatoms. The molecule has 0 aliphatic carbocycles. The summed E-state index contributed by atoms with van der Waals surface area (Å²) in [5, 5.41) is 15.9. The van der Waals surface area contributed by atoms with Gasteiger partial charge in [0, 0.05) is 0 Å². The smallest absolute Gasteiger partial charge is 0.337 e. The van der Waals surface area contributed by atoms with Gasteiger partial charge in [0.25, 0.3) is 0 Å². The van der Waals surface area contributed by atoms with Crippen molar-refractivity contribution in [3.8, 4) is 0 Å². The van der Waals surface area contributed by atoms with Crippen molar-refractivity contribution in [1.82, 2.24) is 0 Å². The van der Waals surface area contributed by atoms with E-state index in [0.717, 1.165) is 0 Å². The second kappa shape index (κ2) is 2.64. The summed E-state index contributed by atoms with van der Waals surface area (Å²) in [7, 11) is 0. The summed E-state index contributed by atoms with van der Waals surface area (Å²) >= 11 is 0. The predicted molar refractivity (Wildman–Crippen MR) is 24.9 cm³/mol. The van der Waals surface area contributed by atoms with Crippen molar-refractivity contribution in [3.05, 3.63) is 23.4 Å². The quantitative estimate of drug-likeness (QED) is 0.293. The molecule has 0 aromatic carbocycles. The van der Waals surface area contributed by atoms with Crippen LogP contribution in [0.4, 0.5) is 0 Å². The van der Waals surface area contributed by atoms with Crippen LogP contribution in [-0.4, -0.2) is 16.2 Å². The lowest BCUT2D eigenvalue weighted by Gasteiger charge is -1.80. The summed E-state index contributed by atoms with van der Waals surface area (Å²) < 4.78 is 0. The van der Waals surface area contributed by atoms with Gasteiger partial charge in [-0.05, 0) is 0 Å². The molecule has 0 spiro atoms. The number of hydrogen-bond acceptors (Lipinski definition) is 2. The third-order valence-electron chi connectivity index (χ3n) is 0.462. The van der Waals surface area contributed by atoms with Crippen molar-refractivity contribution in [1.29, 1.82) is 0 Å². The van der Waals surface area contributed by atoms with Gasteiger partial charge in [0.2, 0.25) is 0 Å². The van der Waals surface area contributed by atoms with E-state index >= 15 is 0 Å². The monoisotopic (exact) mass is 113 g/mol. The van der Waals surface area contributed by atoms with Crippen LogP contribution in [0.3, 0.4) is 0 Å². The molecule has 0 aromatic rings. The minimum Gasteiger partial charge on any atom is -0.526 e. The zero-order valence-electron chi connectivity index (χ0n) is 3.83. The van der Waals surface area contributed by atoms with Crippen molar-refractivity contribution in [3.63, 3.8) is 0 Å². The number of aliphatic hydroxyl groups excluding tert-OH is 1. The van der Waals surface area contributed by atoms with Crippen LogP contribution in [0.25, 0.3) is 4.85 Å². The number of hydrogen-bond donors (Lipinski definition) is 2. The molecular formula is C4H3NO3. The second-order valence-electron chi connectivity index (χ2n) is 0.931. The molecule has 0 bridgehead atoms. The SMILES string of the molecule is [C-]#[N+]C(=CO)C(=O)O. The molecule has 0 fully saturated rings. The van der Waals surface area contributed by atoms with E-state index in [1.54, 1.807) is 0 Å². The van der Waals surface area contributed by atoms with Crippen LogP contribution in [0, 0.1) is 6.57 Å². The van der Waals surface area contributed by atoms with Gasteiger partial charge in [0.1, 0.15) is 0 Å². The third-order valence-corrected chi connectivity index (χ3v) is 0.462. The highest BCUT2D eigenvalue weighted by atomic mass is 16.4. The zero-order chi connectivity index (χ0) is 6.57. The minimum atomic E-state index is -1.41. The summed E-state index contributed by atoms with van der Waals surface area (Å²) in [6, 6.07) is 0. The summed E-state index contributed by atoms with van der Waals surface area (Å²) in [6.07, 6.45) is 0.259. The molecule has 0 atom stereocenters. The number of carbonyl (C=O) groups is 1. The Balaban J connectivity index is 4.20. The largest absolute Gasteiger partial charge is 0.526 e. The van der Waals surface area contributed by atoms with Gasteiger partial charge in [-0.1, -0.05) is 0 Å². The minimum absolute atomic E-state index is 0.259. The van der Waals surface area contributed by atoms with E-state index in [1.165, 1.54) is 0 Å². The average Bonchev–Trinajstić information content (AvgIpc) is 1.69. The van der Waals surface area contributed by atoms with E-state index in [-0.39, 0.29) is 6.26 Å². The number of rotatable bonds is 1. The van der Waals surface area contributed by atoms with E-state index in [2.05, 4.69) is 4.85 Å². The molecule has 0 rings (SSSR count). The van der Waals surface area contributed by atoms with Gasteiger partial charge in [-0.3, -0.25) is 4.79 Å². The standard InChI is InChI=1S/C4H3NO3/c1-5-3(2-6)4(7)8/h2,6H,(H,7,8). The molecule has 4 nitrogen and oxygen atoms in total. The second-order valence-corrected chi connectivity index (χ2v) is 0.931. The van der Waals surface area contributed by atoms with Gasteiger partial charge in [0.15, 0.2) is 0 Å². The van der Waals surface area contributed by atoms with Crippen molar-refractivity contribution in [2.75, 3.05) is 0 Å². The Hall–Kier alpha value is -1.50. The van der Waals surface area contributed by atoms with E-state index in [0.29, 0.717) is 0 Å². The summed E-state index contributed by atoms with van der Waals surface area (Å²) in [4.78, 5) is 12.2. The molecule has 0 saturated heterocycles. The third kappa shape index (κ3) is 1.30. The lowest BCUT2D eigenvalue weighted by atomic mass is 10.5. The fourth-order valence-corrected chi connectivity index (χ4v) is 0.132.